The topological polar surface area (TPSA) is 71.5 Å². The molecule has 0 saturated heterocycles. The zero-order valence-corrected chi connectivity index (χ0v) is 11.4. The minimum absolute atomic E-state index is 0.0811. The van der Waals surface area contributed by atoms with E-state index in [1.807, 2.05) is 20.8 Å². The number of halogens is 3. The van der Waals surface area contributed by atoms with Gasteiger partial charge in [-0.25, -0.2) is 4.98 Å². The van der Waals surface area contributed by atoms with Gasteiger partial charge in [0.05, 0.1) is 5.56 Å². The van der Waals surface area contributed by atoms with Crippen LogP contribution in [0, 0.1) is 0 Å². The first-order chi connectivity index (χ1) is 8.54. The number of rotatable bonds is 2. The number of thioether (sulfide) groups is 1. The van der Waals surface area contributed by atoms with Gasteiger partial charge in [0.2, 0.25) is 0 Å². The third kappa shape index (κ3) is 4.30. The van der Waals surface area contributed by atoms with Crippen LogP contribution in [0.2, 0.25) is 0 Å². The smallest absolute Gasteiger partial charge is 0.409 e. The van der Waals surface area contributed by atoms with Crippen LogP contribution in [0.3, 0.4) is 0 Å². The molecule has 0 spiro atoms. The van der Waals surface area contributed by atoms with Crippen LogP contribution in [0.1, 0.15) is 32.0 Å². The molecule has 0 radical (unpaired) electrons. The number of amidine groups is 1. The Bertz CT molecular complexity index is 495. The van der Waals surface area contributed by atoms with E-state index in [-0.39, 0.29) is 21.2 Å². The third-order valence-corrected chi connectivity index (χ3v) is 3.05. The summed E-state index contributed by atoms with van der Waals surface area (Å²) in [5, 5.41) is 11.5. The molecule has 1 aromatic heterocycles. The molecule has 0 atom stereocenters. The quantitative estimate of drug-likeness (QED) is 0.289. The Kier molecular flexibility index (Phi) is 4.34. The van der Waals surface area contributed by atoms with Gasteiger partial charge in [0.15, 0.2) is 5.84 Å². The van der Waals surface area contributed by atoms with E-state index in [1.165, 1.54) is 0 Å². The molecule has 1 aromatic rings. The molecule has 106 valence electrons. The van der Waals surface area contributed by atoms with E-state index < -0.39 is 11.9 Å². The average Bonchev–Trinajstić information content (AvgIpc) is 2.24. The maximum Gasteiger partial charge on any atom is 0.433 e. The van der Waals surface area contributed by atoms with Crippen LogP contribution < -0.4 is 5.73 Å². The van der Waals surface area contributed by atoms with Gasteiger partial charge in [-0.3, -0.25) is 0 Å². The fourth-order valence-corrected chi connectivity index (χ4v) is 2.22. The second-order valence-corrected chi connectivity index (χ2v) is 6.56. The van der Waals surface area contributed by atoms with E-state index in [1.54, 1.807) is 0 Å². The summed E-state index contributed by atoms with van der Waals surface area (Å²) in [4.78, 5) is 3.56. The van der Waals surface area contributed by atoms with Crippen LogP contribution >= 0.6 is 11.8 Å². The lowest BCUT2D eigenvalue weighted by molar-refractivity contribution is -0.141. The van der Waals surface area contributed by atoms with Crippen molar-refractivity contribution in [3.8, 4) is 0 Å². The molecule has 0 aliphatic carbocycles. The summed E-state index contributed by atoms with van der Waals surface area (Å²) in [5.74, 6) is -0.270. The Morgan fingerprint density at radius 3 is 2.32 bits per heavy atom. The fraction of sp³-hybridized carbons (Fsp3) is 0.455. The second-order valence-electron chi connectivity index (χ2n) is 4.75. The maximum absolute atomic E-state index is 12.6. The molecule has 3 N–H and O–H groups in total. The van der Waals surface area contributed by atoms with Crippen molar-refractivity contribution in [1.82, 2.24) is 4.98 Å². The summed E-state index contributed by atoms with van der Waals surface area (Å²) in [6.07, 6.45) is -4.53. The fourth-order valence-electron chi connectivity index (χ4n) is 1.21. The predicted molar refractivity (Wildman–Crippen MR) is 67.4 cm³/mol. The molecule has 1 rings (SSSR count). The molecule has 0 saturated carbocycles. The van der Waals surface area contributed by atoms with E-state index in [4.69, 9.17) is 10.9 Å². The number of nitrogens with zero attached hydrogens (tertiary/aromatic N) is 2. The van der Waals surface area contributed by atoms with Gasteiger partial charge in [-0.15, -0.1) is 0 Å². The van der Waals surface area contributed by atoms with E-state index in [2.05, 4.69) is 10.1 Å². The van der Waals surface area contributed by atoms with E-state index in [0.29, 0.717) is 0 Å². The monoisotopic (exact) mass is 293 g/mol. The molecule has 0 aliphatic heterocycles. The summed E-state index contributed by atoms with van der Waals surface area (Å²) >= 11 is 1.12. The number of hydrogen-bond acceptors (Lipinski definition) is 4. The van der Waals surface area contributed by atoms with Gasteiger partial charge < -0.3 is 10.9 Å². The van der Waals surface area contributed by atoms with Gasteiger partial charge in [-0.2, -0.15) is 13.2 Å². The summed E-state index contributed by atoms with van der Waals surface area (Å²) < 4.78 is 37.5. The molecule has 1 heterocycles. The van der Waals surface area contributed by atoms with Gasteiger partial charge >= 0.3 is 6.18 Å². The largest absolute Gasteiger partial charge is 0.433 e. The Labute approximate surface area is 112 Å². The molecule has 0 fully saturated rings. The van der Waals surface area contributed by atoms with Crippen LogP contribution in [0.15, 0.2) is 22.3 Å². The molecule has 8 heteroatoms. The Morgan fingerprint density at radius 1 is 1.32 bits per heavy atom. The number of oxime groups is 1. The molecular formula is C11H14F3N3OS. The maximum atomic E-state index is 12.6. The molecule has 0 aromatic carbocycles. The highest BCUT2D eigenvalue weighted by Gasteiger charge is 2.33. The van der Waals surface area contributed by atoms with E-state index in [0.717, 1.165) is 23.9 Å². The van der Waals surface area contributed by atoms with Crippen molar-refractivity contribution >= 4 is 17.6 Å². The number of alkyl halides is 3. The highest BCUT2D eigenvalue weighted by Crippen LogP contribution is 2.35. The van der Waals surface area contributed by atoms with Crippen molar-refractivity contribution in [3.05, 3.63) is 23.4 Å². The number of hydrogen-bond donors (Lipinski definition) is 2. The first kappa shape index (κ1) is 15.6. The van der Waals surface area contributed by atoms with Crippen LogP contribution in [-0.4, -0.2) is 20.8 Å². The van der Waals surface area contributed by atoms with Gasteiger partial charge in [0, 0.05) is 4.75 Å². The first-order valence-electron chi connectivity index (χ1n) is 5.30. The summed E-state index contributed by atoms with van der Waals surface area (Å²) in [6.45, 7) is 5.49. The number of pyridine rings is 1. The van der Waals surface area contributed by atoms with Crippen LogP contribution in [0.4, 0.5) is 13.2 Å². The van der Waals surface area contributed by atoms with E-state index >= 15 is 0 Å². The highest BCUT2D eigenvalue weighted by molar-refractivity contribution is 8.00. The molecule has 19 heavy (non-hydrogen) atoms. The van der Waals surface area contributed by atoms with Gasteiger partial charge in [0.25, 0.3) is 0 Å². The number of aromatic nitrogens is 1. The highest BCUT2D eigenvalue weighted by atomic mass is 32.2. The van der Waals surface area contributed by atoms with Gasteiger partial charge in [-0.05, 0) is 12.1 Å². The number of nitrogens with two attached hydrogens (primary N) is 1. The summed E-state index contributed by atoms with van der Waals surface area (Å²) in [5.41, 5.74) is 4.61. The molecule has 0 amide bonds. The Hall–Kier alpha value is -1.44. The Morgan fingerprint density at radius 2 is 1.89 bits per heavy atom. The minimum atomic E-state index is -4.53. The SMILES string of the molecule is CC(C)(C)Sc1nc(C(F)(F)F)ccc1C(N)=NO. The van der Waals surface area contributed by atoms with Crippen LogP contribution in [0.25, 0.3) is 0 Å². The minimum Gasteiger partial charge on any atom is -0.409 e. The molecule has 4 nitrogen and oxygen atoms in total. The average molecular weight is 293 g/mol. The zero-order chi connectivity index (χ0) is 14.8. The molecular weight excluding hydrogens is 279 g/mol. The molecule has 0 unspecified atom stereocenters. The van der Waals surface area contributed by atoms with Crippen LogP contribution in [0.5, 0.6) is 0 Å². The van der Waals surface area contributed by atoms with Crippen molar-refractivity contribution in [2.75, 3.05) is 0 Å². The Balaban J connectivity index is 3.35. The lowest BCUT2D eigenvalue weighted by Crippen LogP contribution is -2.19. The summed E-state index contributed by atoms with van der Waals surface area (Å²) in [6, 6.07) is 1.96. The lowest BCUT2D eigenvalue weighted by Gasteiger charge is -2.19. The standard InChI is InChI=1S/C11H14F3N3OS/c1-10(2,3)19-9-6(8(15)17-18)4-5-7(16-9)11(12,13)14/h4-5,18H,1-3H3,(H2,15,17). The zero-order valence-electron chi connectivity index (χ0n) is 10.6. The third-order valence-electron chi connectivity index (χ3n) is 1.94. The van der Waals surface area contributed by atoms with Crippen molar-refractivity contribution in [2.24, 2.45) is 10.9 Å². The van der Waals surface area contributed by atoms with Gasteiger partial charge in [-0.1, -0.05) is 37.7 Å². The van der Waals surface area contributed by atoms with Gasteiger partial charge in [0.1, 0.15) is 10.7 Å². The first-order valence-corrected chi connectivity index (χ1v) is 6.11. The summed E-state index contributed by atoms with van der Waals surface area (Å²) in [7, 11) is 0. The second kappa shape index (κ2) is 5.28. The van der Waals surface area contributed by atoms with Crippen molar-refractivity contribution in [3.63, 3.8) is 0 Å². The van der Waals surface area contributed by atoms with Crippen molar-refractivity contribution in [1.29, 1.82) is 0 Å². The predicted octanol–water partition coefficient (Wildman–Crippen LogP) is 3.09. The van der Waals surface area contributed by atoms with E-state index in [9.17, 15) is 13.2 Å². The normalized spacial score (nSPS) is 13.7. The van der Waals surface area contributed by atoms with Crippen LogP contribution in [-0.2, 0) is 6.18 Å². The van der Waals surface area contributed by atoms with Crippen molar-refractivity contribution < 1.29 is 18.4 Å². The lowest BCUT2D eigenvalue weighted by atomic mass is 10.2. The van der Waals surface area contributed by atoms with Crippen molar-refractivity contribution in [2.45, 2.75) is 36.7 Å². The molecule has 0 bridgehead atoms. The molecule has 0 aliphatic rings.